The molecule has 3 nitrogen and oxygen atoms in total. The Labute approximate surface area is 78.7 Å². The molecular formula is C10H16O3. The molecule has 0 aromatic heterocycles. The van der Waals surface area contributed by atoms with Crippen molar-refractivity contribution in [2.24, 2.45) is 5.41 Å². The van der Waals surface area contributed by atoms with E-state index in [-0.39, 0.29) is 11.4 Å². The quantitative estimate of drug-likeness (QED) is 0.584. The van der Waals surface area contributed by atoms with Crippen LogP contribution in [0.4, 0.5) is 0 Å². The highest BCUT2D eigenvalue weighted by molar-refractivity contribution is 5.86. The van der Waals surface area contributed by atoms with Gasteiger partial charge in [0.15, 0.2) is 0 Å². The van der Waals surface area contributed by atoms with Crippen LogP contribution in [0.5, 0.6) is 0 Å². The molecule has 0 saturated carbocycles. The van der Waals surface area contributed by atoms with Crippen molar-refractivity contribution in [1.82, 2.24) is 0 Å². The molecule has 3 heteroatoms. The SMILES string of the molecule is COC1(C(C)(C)C)OC(=O)C=C1C. The van der Waals surface area contributed by atoms with Crippen LogP contribution < -0.4 is 0 Å². The molecule has 0 radical (unpaired) electrons. The molecule has 0 N–H and O–H groups in total. The van der Waals surface area contributed by atoms with E-state index in [0.717, 1.165) is 5.57 Å². The summed E-state index contributed by atoms with van der Waals surface area (Å²) in [7, 11) is 1.56. The van der Waals surface area contributed by atoms with E-state index >= 15 is 0 Å². The molecule has 0 aromatic carbocycles. The van der Waals surface area contributed by atoms with Gasteiger partial charge in [-0.1, -0.05) is 20.8 Å². The number of esters is 1. The summed E-state index contributed by atoms with van der Waals surface area (Å²) in [4.78, 5) is 11.1. The fraction of sp³-hybridized carbons (Fsp3) is 0.700. The molecule has 1 aliphatic heterocycles. The first-order valence-electron chi connectivity index (χ1n) is 4.30. The average Bonchev–Trinajstić information content (AvgIpc) is 2.25. The second kappa shape index (κ2) is 2.84. The van der Waals surface area contributed by atoms with E-state index in [2.05, 4.69) is 0 Å². The number of hydrogen-bond acceptors (Lipinski definition) is 3. The smallest absolute Gasteiger partial charge is 0.333 e. The summed E-state index contributed by atoms with van der Waals surface area (Å²) in [6.45, 7) is 7.78. The van der Waals surface area contributed by atoms with Gasteiger partial charge in [0.1, 0.15) is 0 Å². The van der Waals surface area contributed by atoms with Gasteiger partial charge in [-0.05, 0) is 6.92 Å². The number of cyclic esters (lactones) is 1. The van der Waals surface area contributed by atoms with Crippen LogP contribution in [0.1, 0.15) is 27.7 Å². The molecule has 0 saturated heterocycles. The standard InChI is InChI=1S/C10H16O3/c1-7-6-8(11)13-10(7,12-5)9(2,3)4/h6H,1-5H3. The van der Waals surface area contributed by atoms with Gasteiger partial charge in [-0.15, -0.1) is 0 Å². The fourth-order valence-electron chi connectivity index (χ4n) is 1.78. The van der Waals surface area contributed by atoms with Crippen LogP contribution >= 0.6 is 0 Å². The van der Waals surface area contributed by atoms with E-state index in [1.54, 1.807) is 7.11 Å². The number of ether oxygens (including phenoxy) is 2. The lowest BCUT2D eigenvalue weighted by atomic mass is 9.81. The predicted molar refractivity (Wildman–Crippen MR) is 49.0 cm³/mol. The predicted octanol–water partition coefficient (Wildman–Crippen LogP) is 1.88. The lowest BCUT2D eigenvalue weighted by Crippen LogP contribution is -2.46. The van der Waals surface area contributed by atoms with Crippen molar-refractivity contribution in [1.29, 1.82) is 0 Å². The maximum Gasteiger partial charge on any atom is 0.333 e. The Morgan fingerprint density at radius 3 is 2.15 bits per heavy atom. The molecule has 0 aliphatic carbocycles. The van der Waals surface area contributed by atoms with Crippen LogP contribution in [0.2, 0.25) is 0 Å². The third-order valence-electron chi connectivity index (χ3n) is 2.37. The molecule has 0 spiro atoms. The lowest BCUT2D eigenvalue weighted by molar-refractivity contribution is -0.231. The maximum atomic E-state index is 11.1. The van der Waals surface area contributed by atoms with Gasteiger partial charge in [0.05, 0.1) is 0 Å². The van der Waals surface area contributed by atoms with Gasteiger partial charge in [-0.2, -0.15) is 0 Å². The van der Waals surface area contributed by atoms with Gasteiger partial charge in [-0.25, -0.2) is 4.79 Å². The molecule has 0 bridgehead atoms. The second-order valence-electron chi connectivity index (χ2n) is 4.32. The molecular weight excluding hydrogens is 168 g/mol. The zero-order valence-corrected chi connectivity index (χ0v) is 8.80. The summed E-state index contributed by atoms with van der Waals surface area (Å²) < 4.78 is 10.6. The van der Waals surface area contributed by atoms with Crippen LogP contribution in [0, 0.1) is 5.41 Å². The second-order valence-corrected chi connectivity index (χ2v) is 4.32. The Morgan fingerprint density at radius 1 is 1.46 bits per heavy atom. The van der Waals surface area contributed by atoms with E-state index < -0.39 is 5.79 Å². The third-order valence-corrected chi connectivity index (χ3v) is 2.37. The van der Waals surface area contributed by atoms with Gasteiger partial charge in [0, 0.05) is 24.2 Å². The Kier molecular flexibility index (Phi) is 2.24. The van der Waals surface area contributed by atoms with Crippen molar-refractivity contribution >= 4 is 5.97 Å². The Bertz CT molecular complexity index is 260. The molecule has 0 fully saturated rings. The number of hydrogen-bond donors (Lipinski definition) is 0. The Hall–Kier alpha value is -0.830. The maximum absolute atomic E-state index is 11.1. The van der Waals surface area contributed by atoms with Crippen molar-refractivity contribution in [3.63, 3.8) is 0 Å². The minimum atomic E-state index is -0.885. The van der Waals surface area contributed by atoms with Crippen LogP contribution in [0.3, 0.4) is 0 Å². The highest BCUT2D eigenvalue weighted by atomic mass is 16.7. The first-order chi connectivity index (χ1) is 5.83. The van der Waals surface area contributed by atoms with Gasteiger partial charge in [0.2, 0.25) is 5.79 Å². The first-order valence-corrected chi connectivity index (χ1v) is 4.30. The van der Waals surface area contributed by atoms with E-state index in [0.29, 0.717) is 0 Å². The van der Waals surface area contributed by atoms with Gasteiger partial charge in [-0.3, -0.25) is 0 Å². The molecule has 13 heavy (non-hydrogen) atoms. The van der Waals surface area contributed by atoms with E-state index in [1.165, 1.54) is 6.08 Å². The van der Waals surface area contributed by atoms with Crippen molar-refractivity contribution < 1.29 is 14.3 Å². The molecule has 1 heterocycles. The molecule has 1 unspecified atom stereocenters. The highest BCUT2D eigenvalue weighted by Crippen LogP contribution is 2.43. The minimum absolute atomic E-state index is 0.255. The van der Waals surface area contributed by atoms with Gasteiger partial charge in [0.25, 0.3) is 0 Å². The average molecular weight is 184 g/mol. The molecule has 1 aliphatic rings. The van der Waals surface area contributed by atoms with Crippen molar-refractivity contribution in [2.45, 2.75) is 33.5 Å². The zero-order chi connectivity index (χ0) is 10.3. The summed E-state index contributed by atoms with van der Waals surface area (Å²) in [6, 6.07) is 0. The van der Waals surface area contributed by atoms with Gasteiger partial charge < -0.3 is 9.47 Å². The van der Waals surface area contributed by atoms with E-state index in [4.69, 9.17) is 9.47 Å². The molecule has 0 amide bonds. The third kappa shape index (κ3) is 1.37. The summed E-state index contributed by atoms with van der Waals surface area (Å²) in [6.07, 6.45) is 1.48. The van der Waals surface area contributed by atoms with E-state index in [9.17, 15) is 4.79 Å². The van der Waals surface area contributed by atoms with Gasteiger partial charge >= 0.3 is 5.97 Å². The largest absolute Gasteiger partial charge is 0.425 e. The van der Waals surface area contributed by atoms with Crippen molar-refractivity contribution in [3.05, 3.63) is 11.6 Å². The highest BCUT2D eigenvalue weighted by Gasteiger charge is 2.51. The minimum Gasteiger partial charge on any atom is -0.425 e. The van der Waals surface area contributed by atoms with Crippen molar-refractivity contribution in [2.75, 3.05) is 7.11 Å². The van der Waals surface area contributed by atoms with E-state index in [1.807, 2.05) is 27.7 Å². The first kappa shape index (κ1) is 10.3. The Balaban J connectivity index is 3.11. The number of rotatable bonds is 1. The zero-order valence-electron chi connectivity index (χ0n) is 8.80. The topological polar surface area (TPSA) is 35.5 Å². The van der Waals surface area contributed by atoms with Crippen LogP contribution in [-0.4, -0.2) is 18.9 Å². The summed E-state index contributed by atoms with van der Waals surface area (Å²) in [5.41, 5.74) is 0.571. The number of carbonyl (C=O) groups excluding carboxylic acids is 1. The molecule has 1 rings (SSSR count). The van der Waals surface area contributed by atoms with Crippen LogP contribution in [0.25, 0.3) is 0 Å². The lowest BCUT2D eigenvalue weighted by Gasteiger charge is -2.39. The molecule has 0 aromatic rings. The molecule has 1 atom stereocenters. The fourth-order valence-corrected chi connectivity index (χ4v) is 1.78. The van der Waals surface area contributed by atoms with Crippen LogP contribution in [0.15, 0.2) is 11.6 Å². The van der Waals surface area contributed by atoms with Crippen LogP contribution in [-0.2, 0) is 14.3 Å². The Morgan fingerprint density at radius 2 is 2.00 bits per heavy atom. The molecule has 74 valence electrons. The number of carbonyl (C=O) groups is 1. The summed E-state index contributed by atoms with van der Waals surface area (Å²) in [5, 5.41) is 0. The monoisotopic (exact) mass is 184 g/mol. The van der Waals surface area contributed by atoms with Crippen molar-refractivity contribution in [3.8, 4) is 0 Å². The summed E-state index contributed by atoms with van der Waals surface area (Å²) in [5.74, 6) is -1.21. The normalized spacial score (nSPS) is 28.7. The summed E-state index contributed by atoms with van der Waals surface area (Å²) >= 11 is 0. The number of methoxy groups -OCH3 is 1.